The molecule has 23 heavy (non-hydrogen) atoms. The second-order valence-corrected chi connectivity index (χ2v) is 7.04. The van der Waals surface area contributed by atoms with Gasteiger partial charge in [0.05, 0.1) is 11.0 Å². The molecule has 0 aromatic rings. The zero-order valence-electron chi connectivity index (χ0n) is 13.9. The third-order valence-electron chi connectivity index (χ3n) is 4.34. The second kappa shape index (κ2) is 6.53. The summed E-state index contributed by atoms with van der Waals surface area (Å²) in [5.74, 6) is -1.38. The highest BCUT2D eigenvalue weighted by molar-refractivity contribution is 6.18. The topological polar surface area (TPSA) is 78.9 Å². The van der Waals surface area contributed by atoms with Crippen molar-refractivity contribution in [1.82, 2.24) is 0 Å². The Hall–Kier alpha value is -1.53. The zero-order chi connectivity index (χ0) is 17.3. The Balaban J connectivity index is 2.17. The van der Waals surface area contributed by atoms with E-state index in [-0.39, 0.29) is 18.4 Å². The van der Waals surface area contributed by atoms with Gasteiger partial charge in [-0.2, -0.15) is 0 Å². The fourth-order valence-corrected chi connectivity index (χ4v) is 3.15. The SMILES string of the molecule is C=CC(=O)OC1C(=O)C2(CCCC2)C(=O)C1OCOC(C)(C)C. The molecule has 1 spiro atoms. The van der Waals surface area contributed by atoms with Crippen LogP contribution in [0, 0.1) is 5.41 Å². The number of esters is 1. The molecular formula is C17H24O6. The molecule has 2 rings (SSSR count). The summed E-state index contributed by atoms with van der Waals surface area (Å²) in [6.07, 6.45) is 1.26. The molecule has 2 unspecified atom stereocenters. The van der Waals surface area contributed by atoms with Gasteiger partial charge in [0.1, 0.15) is 6.79 Å². The van der Waals surface area contributed by atoms with E-state index in [0.29, 0.717) is 12.8 Å². The fourth-order valence-electron chi connectivity index (χ4n) is 3.15. The van der Waals surface area contributed by atoms with E-state index < -0.39 is 29.2 Å². The molecule has 2 atom stereocenters. The average molecular weight is 324 g/mol. The van der Waals surface area contributed by atoms with Crippen LogP contribution in [0.15, 0.2) is 12.7 Å². The van der Waals surface area contributed by atoms with Gasteiger partial charge in [-0.25, -0.2) is 4.79 Å². The number of rotatable bonds is 5. The Kier molecular flexibility index (Phi) is 5.06. The van der Waals surface area contributed by atoms with E-state index in [1.165, 1.54) is 0 Å². The summed E-state index contributed by atoms with van der Waals surface area (Å²) in [5, 5.41) is 0. The van der Waals surface area contributed by atoms with Crippen molar-refractivity contribution >= 4 is 17.5 Å². The second-order valence-electron chi connectivity index (χ2n) is 7.04. The Labute approximate surface area is 136 Å². The molecule has 0 amide bonds. The third kappa shape index (κ3) is 3.53. The molecule has 0 radical (unpaired) electrons. The van der Waals surface area contributed by atoms with Crippen molar-refractivity contribution in [3.8, 4) is 0 Å². The summed E-state index contributed by atoms with van der Waals surface area (Å²) in [6.45, 7) is 8.73. The maximum atomic E-state index is 12.8. The minimum atomic E-state index is -1.21. The van der Waals surface area contributed by atoms with Gasteiger partial charge in [-0.05, 0) is 33.6 Å². The smallest absolute Gasteiger partial charge is 0.330 e. The zero-order valence-corrected chi connectivity index (χ0v) is 13.9. The highest BCUT2D eigenvalue weighted by Gasteiger charge is 2.63. The monoisotopic (exact) mass is 324 g/mol. The van der Waals surface area contributed by atoms with E-state index in [1.54, 1.807) is 0 Å². The van der Waals surface area contributed by atoms with Crippen LogP contribution in [-0.4, -0.2) is 42.1 Å². The Morgan fingerprint density at radius 2 is 1.78 bits per heavy atom. The highest BCUT2D eigenvalue weighted by Crippen LogP contribution is 2.47. The predicted molar refractivity (Wildman–Crippen MR) is 81.6 cm³/mol. The van der Waals surface area contributed by atoms with E-state index in [2.05, 4.69) is 6.58 Å². The Morgan fingerprint density at radius 3 is 2.30 bits per heavy atom. The standard InChI is InChI=1S/C17H24O6/c1-5-11(18)23-13-12(21-10-22-16(2,3)4)14(19)17(15(13)20)8-6-7-9-17/h5,12-13H,1,6-10H2,2-4H3. The lowest BCUT2D eigenvalue weighted by Crippen LogP contribution is -2.37. The molecule has 2 aliphatic carbocycles. The van der Waals surface area contributed by atoms with Crippen molar-refractivity contribution in [3.63, 3.8) is 0 Å². The maximum absolute atomic E-state index is 12.8. The van der Waals surface area contributed by atoms with Gasteiger partial charge in [-0.1, -0.05) is 19.4 Å². The van der Waals surface area contributed by atoms with Gasteiger partial charge in [-0.3, -0.25) is 9.59 Å². The lowest BCUT2D eigenvalue weighted by molar-refractivity contribution is -0.178. The van der Waals surface area contributed by atoms with E-state index in [1.807, 2.05) is 20.8 Å². The molecule has 0 aromatic heterocycles. The number of hydrogen-bond acceptors (Lipinski definition) is 6. The lowest BCUT2D eigenvalue weighted by Gasteiger charge is -2.22. The minimum Gasteiger partial charge on any atom is -0.448 e. The number of Topliss-reactive ketones (excluding diaryl/α,β-unsaturated/α-hetero) is 2. The number of carbonyl (C=O) groups excluding carboxylic acids is 3. The Morgan fingerprint density at radius 1 is 1.22 bits per heavy atom. The number of hydrogen-bond donors (Lipinski definition) is 0. The summed E-state index contributed by atoms with van der Waals surface area (Å²) in [6, 6.07) is 0. The van der Waals surface area contributed by atoms with Crippen molar-refractivity contribution in [2.75, 3.05) is 6.79 Å². The molecule has 0 aromatic carbocycles. The van der Waals surface area contributed by atoms with Crippen LogP contribution >= 0.6 is 0 Å². The van der Waals surface area contributed by atoms with Gasteiger partial charge in [0.15, 0.2) is 23.8 Å². The van der Waals surface area contributed by atoms with Crippen molar-refractivity contribution < 1.29 is 28.6 Å². The fraction of sp³-hybridized carbons (Fsp3) is 0.706. The van der Waals surface area contributed by atoms with Crippen LogP contribution in [-0.2, 0) is 28.6 Å². The summed E-state index contributed by atoms with van der Waals surface area (Å²) < 4.78 is 16.1. The predicted octanol–water partition coefficient (Wildman–Crippen LogP) is 1.95. The molecule has 0 N–H and O–H groups in total. The Bertz CT molecular complexity index is 510. The quantitative estimate of drug-likeness (QED) is 0.333. The van der Waals surface area contributed by atoms with Crippen LogP contribution in [0.1, 0.15) is 46.5 Å². The van der Waals surface area contributed by atoms with Gasteiger partial charge >= 0.3 is 5.97 Å². The van der Waals surface area contributed by atoms with Crippen molar-refractivity contribution in [2.24, 2.45) is 5.41 Å². The molecule has 0 bridgehead atoms. The molecule has 6 nitrogen and oxygen atoms in total. The van der Waals surface area contributed by atoms with Crippen molar-refractivity contribution in [3.05, 3.63) is 12.7 Å². The van der Waals surface area contributed by atoms with Crippen LogP contribution in [0.2, 0.25) is 0 Å². The molecule has 6 heteroatoms. The normalized spacial score (nSPS) is 26.7. The van der Waals surface area contributed by atoms with Gasteiger partial charge < -0.3 is 14.2 Å². The summed E-state index contributed by atoms with van der Waals surface area (Å²) in [4.78, 5) is 37.0. The van der Waals surface area contributed by atoms with Gasteiger partial charge in [0.2, 0.25) is 0 Å². The van der Waals surface area contributed by atoms with Gasteiger partial charge in [0.25, 0.3) is 0 Å². The minimum absolute atomic E-state index is 0.147. The first-order valence-electron chi connectivity index (χ1n) is 7.88. The number of ketones is 2. The summed E-state index contributed by atoms with van der Waals surface area (Å²) in [5.41, 5.74) is -1.50. The molecule has 2 aliphatic rings. The first kappa shape index (κ1) is 17.8. The third-order valence-corrected chi connectivity index (χ3v) is 4.34. The van der Waals surface area contributed by atoms with Crippen LogP contribution in [0.25, 0.3) is 0 Å². The molecule has 0 saturated heterocycles. The van der Waals surface area contributed by atoms with E-state index >= 15 is 0 Å². The highest BCUT2D eigenvalue weighted by atomic mass is 16.7. The van der Waals surface area contributed by atoms with E-state index in [4.69, 9.17) is 14.2 Å². The molecule has 2 saturated carbocycles. The maximum Gasteiger partial charge on any atom is 0.330 e. The van der Waals surface area contributed by atoms with Gasteiger partial charge in [-0.15, -0.1) is 0 Å². The lowest BCUT2D eigenvalue weighted by atomic mass is 9.82. The van der Waals surface area contributed by atoms with Crippen LogP contribution in [0.3, 0.4) is 0 Å². The van der Waals surface area contributed by atoms with Gasteiger partial charge in [0, 0.05) is 6.08 Å². The first-order valence-corrected chi connectivity index (χ1v) is 7.88. The largest absolute Gasteiger partial charge is 0.448 e. The summed E-state index contributed by atoms with van der Waals surface area (Å²) >= 11 is 0. The molecule has 2 fully saturated rings. The molecular weight excluding hydrogens is 300 g/mol. The first-order chi connectivity index (χ1) is 10.7. The summed E-state index contributed by atoms with van der Waals surface area (Å²) in [7, 11) is 0. The van der Waals surface area contributed by atoms with Crippen molar-refractivity contribution in [1.29, 1.82) is 0 Å². The number of ether oxygens (including phenoxy) is 3. The van der Waals surface area contributed by atoms with E-state index in [9.17, 15) is 14.4 Å². The average Bonchev–Trinajstić information content (AvgIpc) is 3.03. The molecule has 0 aliphatic heterocycles. The molecule has 128 valence electrons. The van der Waals surface area contributed by atoms with Crippen LogP contribution in [0.4, 0.5) is 0 Å². The van der Waals surface area contributed by atoms with Crippen LogP contribution < -0.4 is 0 Å². The van der Waals surface area contributed by atoms with Crippen molar-refractivity contribution in [2.45, 2.75) is 64.3 Å². The number of carbonyl (C=O) groups is 3. The van der Waals surface area contributed by atoms with Crippen LogP contribution in [0.5, 0.6) is 0 Å². The molecule has 0 heterocycles. The van der Waals surface area contributed by atoms with E-state index in [0.717, 1.165) is 18.9 Å².